The Hall–Kier alpha value is -2.95. The monoisotopic (exact) mass is 862 g/mol. The number of carboxylic acid groups (broad SMARTS) is 2. The number of benzene rings is 4. The minimum atomic E-state index is -2.60. The summed E-state index contributed by atoms with van der Waals surface area (Å²) in [6.45, 7) is 17.7. The van der Waals surface area contributed by atoms with E-state index < -0.39 is 27.6 Å². The standard InChI is InChI=1S/C26H27NO2Si.C10H9NO2.C6H15ClSi.CH2O3.CH4.2Na.H/c1-26(2,3)30(21-12-6-4-7-13-21,22-14-8-5-9-15-22)27-19-20(18-25(28)29)23-16-10-11-17-24(23)27;12-10(13)5-7-6-11-9-4-2-1-3-8(7)9;1-6(2,3)8(4,5)7;2-1-4-3;;;;/h4-17,19H,18H2,1-3H3,(H,28,29);1-4,6,11H,5H2,(H,12,13);1-5H3;1,3H;1H4;;;/q;;;;;2*+1;-1/p-1. The predicted octanol–water partition coefficient (Wildman–Crippen LogP) is 2.89. The molecule has 0 amide bonds. The van der Waals surface area contributed by atoms with Crippen LogP contribution in [0.15, 0.2) is 122 Å². The largest absolute Gasteiger partial charge is 1.00 e. The number of fused-ring (bicyclic) bond motifs is 2. The minimum Gasteiger partial charge on any atom is -1.00 e. The third-order valence-electron chi connectivity index (χ3n) is 9.81. The molecule has 302 valence electrons. The van der Waals surface area contributed by atoms with Crippen LogP contribution in [0, 0.1) is 0 Å². The first-order valence-electron chi connectivity index (χ1n) is 17.9. The number of nitrogens with one attached hydrogen (secondary N) is 1. The van der Waals surface area contributed by atoms with E-state index in [9.17, 15) is 14.7 Å². The van der Waals surface area contributed by atoms with Crippen LogP contribution in [-0.2, 0) is 32.1 Å². The van der Waals surface area contributed by atoms with Crippen molar-refractivity contribution in [2.45, 2.75) is 85.0 Å². The normalized spacial score (nSPS) is 11.0. The van der Waals surface area contributed by atoms with Gasteiger partial charge in [-0.25, -0.2) is 0 Å². The van der Waals surface area contributed by atoms with Gasteiger partial charge in [0.25, 0.3) is 6.47 Å². The third kappa shape index (κ3) is 14.1. The van der Waals surface area contributed by atoms with E-state index >= 15 is 0 Å². The second-order valence-corrected chi connectivity index (χ2v) is 27.5. The van der Waals surface area contributed by atoms with Crippen molar-refractivity contribution in [3.8, 4) is 0 Å². The van der Waals surface area contributed by atoms with Gasteiger partial charge in [-0.1, -0.05) is 159 Å². The number of carboxylic acids is 2. The van der Waals surface area contributed by atoms with Gasteiger partial charge in [-0.3, -0.25) is 14.4 Å². The molecule has 0 atom stereocenters. The summed E-state index contributed by atoms with van der Waals surface area (Å²) < 4.78 is 2.44. The maximum absolute atomic E-state index is 11.6. The zero-order valence-corrected chi connectivity index (χ0v) is 41.6. The van der Waals surface area contributed by atoms with Gasteiger partial charge in [0, 0.05) is 34.2 Å². The molecule has 0 aliphatic carbocycles. The van der Waals surface area contributed by atoms with Crippen molar-refractivity contribution in [2.75, 3.05) is 0 Å². The average Bonchev–Trinajstić information content (AvgIpc) is 3.69. The van der Waals surface area contributed by atoms with E-state index in [2.05, 4.69) is 142 Å². The maximum atomic E-state index is 11.6. The molecule has 0 radical (unpaired) electrons. The Morgan fingerprint density at radius 2 is 1.14 bits per heavy atom. The number of nitrogens with zero attached hydrogens (tertiary/aromatic N) is 1. The third-order valence-corrected chi connectivity index (χ3v) is 20.7. The second-order valence-electron chi connectivity index (χ2n) is 15.6. The first-order valence-corrected chi connectivity index (χ1v) is 23.9. The summed E-state index contributed by atoms with van der Waals surface area (Å²) in [5.74, 6) is -1.61. The van der Waals surface area contributed by atoms with Crippen molar-refractivity contribution in [2.24, 2.45) is 0 Å². The van der Waals surface area contributed by atoms with Gasteiger partial charge < -0.3 is 31.0 Å². The molecule has 0 unspecified atom stereocenters. The summed E-state index contributed by atoms with van der Waals surface area (Å²) >= 11 is 6.15. The average molecular weight is 864 g/mol. The molecular weight excluding hydrogens is 806 g/mol. The summed E-state index contributed by atoms with van der Waals surface area (Å²) in [5.41, 5.74) is 3.79. The second kappa shape index (κ2) is 24.3. The number of aromatic nitrogens is 2. The topological polar surface area (TPSA) is 145 Å². The molecule has 0 aliphatic heterocycles. The number of aromatic amines is 1. The van der Waals surface area contributed by atoms with E-state index in [1.54, 1.807) is 6.20 Å². The van der Waals surface area contributed by atoms with Crippen molar-refractivity contribution in [1.82, 2.24) is 9.22 Å². The van der Waals surface area contributed by atoms with E-state index in [-0.39, 0.29) is 92.3 Å². The van der Waals surface area contributed by atoms with Gasteiger partial charge in [0.05, 0.1) is 12.8 Å². The van der Waals surface area contributed by atoms with E-state index in [1.807, 2.05) is 42.5 Å². The van der Waals surface area contributed by atoms with Gasteiger partial charge in [-0.15, -0.1) is 0 Å². The quantitative estimate of drug-likeness (QED) is 0.0703. The maximum Gasteiger partial charge on any atom is 1.00 e. The minimum absolute atomic E-state index is 0. The molecule has 2 heterocycles. The zero-order chi connectivity index (χ0) is 41.0. The van der Waals surface area contributed by atoms with Crippen molar-refractivity contribution >= 4 is 77.3 Å². The molecule has 0 saturated carbocycles. The van der Waals surface area contributed by atoms with Crippen molar-refractivity contribution in [3.63, 3.8) is 0 Å². The molecule has 6 rings (SSSR count). The van der Waals surface area contributed by atoms with Gasteiger partial charge in [0.15, 0.2) is 7.38 Å². The summed E-state index contributed by atoms with van der Waals surface area (Å²) in [6, 6.07) is 37.3. The predicted molar refractivity (Wildman–Crippen MR) is 234 cm³/mol. The van der Waals surface area contributed by atoms with E-state index in [0.29, 0.717) is 5.04 Å². The Labute approximate surface area is 396 Å². The van der Waals surface area contributed by atoms with Crippen molar-refractivity contribution < 1.29 is 95.3 Å². The molecule has 58 heavy (non-hydrogen) atoms. The molecule has 14 heteroatoms. The van der Waals surface area contributed by atoms with Crippen LogP contribution in [-0.4, -0.2) is 53.5 Å². The van der Waals surface area contributed by atoms with Gasteiger partial charge in [-0.05, 0) is 43.7 Å². The van der Waals surface area contributed by atoms with Gasteiger partial charge in [0.1, 0.15) is 0 Å². The van der Waals surface area contributed by atoms with Gasteiger partial charge in [0.2, 0.25) is 8.24 Å². The van der Waals surface area contributed by atoms with Crippen LogP contribution < -0.4 is 74.7 Å². The number of carbonyl (C=O) groups is 3. The summed E-state index contributed by atoms with van der Waals surface area (Å²) in [6.07, 6.45) is 3.95. The molecule has 0 aliphatic rings. The summed E-state index contributed by atoms with van der Waals surface area (Å²) in [5, 5.41) is 31.5. The molecule has 2 aromatic heterocycles. The Bertz CT molecular complexity index is 2120. The molecule has 0 spiro atoms. The number of aliphatic carboxylic acids is 2. The van der Waals surface area contributed by atoms with Crippen molar-refractivity contribution in [3.05, 3.63) is 133 Å². The Morgan fingerprint density at radius 1 is 0.741 bits per heavy atom. The molecular formula is C44H57ClN2Na2O7Si2. The van der Waals surface area contributed by atoms with Crippen LogP contribution in [0.3, 0.4) is 0 Å². The molecule has 6 aromatic rings. The fourth-order valence-electron chi connectivity index (χ4n) is 6.30. The van der Waals surface area contributed by atoms with Crippen molar-refractivity contribution in [1.29, 1.82) is 0 Å². The van der Waals surface area contributed by atoms with E-state index in [0.717, 1.165) is 32.9 Å². The molecule has 4 aromatic carbocycles. The first-order chi connectivity index (χ1) is 25.8. The Morgan fingerprint density at radius 3 is 1.55 bits per heavy atom. The number of hydrogen-bond donors (Lipinski definition) is 3. The number of halogens is 1. The number of rotatable bonds is 8. The van der Waals surface area contributed by atoms with Crippen LogP contribution >= 0.6 is 11.1 Å². The number of H-pyrrole nitrogens is 1. The van der Waals surface area contributed by atoms with Gasteiger partial charge in [-0.2, -0.15) is 11.1 Å². The smallest absolute Gasteiger partial charge is 1.00 e. The molecule has 0 fully saturated rings. The van der Waals surface area contributed by atoms with Crippen LogP contribution in [0.4, 0.5) is 0 Å². The first kappa shape index (κ1) is 55.1. The Kier molecular flexibility index (Phi) is 23.1. The summed E-state index contributed by atoms with van der Waals surface area (Å²) in [4.78, 5) is 36.4. The van der Waals surface area contributed by atoms with Crippen LogP contribution in [0.1, 0.15) is 61.5 Å². The number of carbonyl (C=O) groups excluding carboxylic acids is 1. The van der Waals surface area contributed by atoms with E-state index in [4.69, 9.17) is 26.2 Å². The fraction of sp³-hybridized carbons (Fsp3) is 0.295. The SMILES string of the molecule is C.CC(C)(C)[Si](C)(C)Cl.CC(C)(C)[Si](c1ccccc1)(c1ccccc1)n1cc(CC(=O)O)c2ccccc21.O=C(O)Cc1c[nH]c2ccccc12.O=CO[O-].[H-].[Na+].[Na+]. The molecule has 3 N–H and O–H groups in total. The number of para-hydroxylation sites is 2. The van der Waals surface area contributed by atoms with Crippen LogP contribution in [0.25, 0.3) is 21.8 Å². The Balaban J connectivity index is 0. The zero-order valence-electron chi connectivity index (χ0n) is 35.8. The molecule has 9 nitrogen and oxygen atoms in total. The number of hydrogen-bond acceptors (Lipinski definition) is 5. The van der Waals surface area contributed by atoms with E-state index in [1.165, 1.54) is 10.4 Å². The van der Waals surface area contributed by atoms with Crippen LogP contribution in [0.2, 0.25) is 23.2 Å². The fourth-order valence-corrected chi connectivity index (χ4v) is 11.9. The molecule has 0 bridgehead atoms. The summed E-state index contributed by atoms with van der Waals surface area (Å²) in [7, 11) is -3.98. The van der Waals surface area contributed by atoms with Gasteiger partial charge >= 0.3 is 71.1 Å². The molecule has 0 saturated heterocycles. The van der Waals surface area contributed by atoms with Crippen LogP contribution in [0.5, 0.6) is 0 Å².